The molecule has 1 aliphatic heterocycles. The molecule has 628 valence electrons. The number of rotatable bonds is 43. The number of likely N-dealkylation sites (tertiary alicyclic amines) is 1. The van der Waals surface area contributed by atoms with Crippen LogP contribution in [0.15, 0.2) is 114 Å². The van der Waals surface area contributed by atoms with E-state index >= 15 is 14.4 Å². The average Bonchev–Trinajstić information content (AvgIpc) is 0.811. The standard InChI is InChI=1S/C84H125N13O15S2/c1-19-113-114-67-40-32-33-54(10)73(67)112-69(100)48-62(81(108)93(15)65(47-60-38-28-22-29-39-60)77(104)87-56(12)80(107)97-41-30-23-31-42-97)89-75(102)61(45-58-34-24-20-25-35-58)88-79(106)72(53(8)9)96(18)82(109)66(44-51(4)5)92(14)68(99)49-86-76(103)64(46-59-36-26-21-27-37-59)95(17)84(111)71(57(13)98)91-78(105)63(43-50(2)3)94(16)83(110)70(52(6)7)90-74(101)55(11)85/h20-22,24-29,32-40,50-53,55-57,61-66,70-72,79,88,98,106H,19,23,30-31,41-49,85H2,1-18H3,(H,86,103)(H,87,104)(H,89,102)(H,90,101)(H,91,105)/t55-,56-,57+,61-,62-,63-,64-,65?,66-,70-,71-,72-,79?/m0/s1. The molecule has 4 aromatic rings. The third kappa shape index (κ3) is 28.5. The van der Waals surface area contributed by atoms with E-state index in [4.69, 9.17) is 10.5 Å². The largest absolute Gasteiger partial charge is 0.425 e. The van der Waals surface area contributed by atoms with Gasteiger partial charge in [0.25, 0.3) is 0 Å². The summed E-state index contributed by atoms with van der Waals surface area (Å²) in [6, 6.07) is 17.9. The minimum Gasteiger partial charge on any atom is -0.425 e. The molecule has 1 aliphatic rings. The molecular weight excluding hydrogens is 1500 g/mol. The van der Waals surface area contributed by atoms with Gasteiger partial charge in [-0.1, -0.05) is 187 Å². The number of ether oxygens (including phenoxy) is 1. The number of carbonyl (C=O) groups excluding carboxylic acids is 12. The lowest BCUT2D eigenvalue weighted by atomic mass is 9.96. The van der Waals surface area contributed by atoms with Crippen LogP contribution in [0.3, 0.4) is 0 Å². The van der Waals surface area contributed by atoms with Crippen molar-refractivity contribution >= 4 is 92.5 Å². The van der Waals surface area contributed by atoms with Crippen LogP contribution in [0.4, 0.5) is 0 Å². The minimum absolute atomic E-state index is 0.0304. The molecule has 30 heteroatoms. The highest BCUT2D eigenvalue weighted by atomic mass is 33.1. The number of benzene rings is 4. The summed E-state index contributed by atoms with van der Waals surface area (Å²) in [5.74, 6) is -8.92. The van der Waals surface area contributed by atoms with Crippen molar-refractivity contribution in [3.63, 3.8) is 0 Å². The number of piperidine rings is 1. The van der Waals surface area contributed by atoms with Crippen LogP contribution in [0.5, 0.6) is 5.75 Å². The van der Waals surface area contributed by atoms with Crippen LogP contribution >= 0.6 is 21.6 Å². The summed E-state index contributed by atoms with van der Waals surface area (Å²) < 4.78 is 6.09. The molecule has 13 atom stereocenters. The number of likely N-dealkylation sites (N-methyl/N-ethyl adjacent to an activating group) is 5. The zero-order valence-electron chi connectivity index (χ0n) is 69.7. The predicted molar refractivity (Wildman–Crippen MR) is 442 cm³/mol. The topological polar surface area (TPSA) is 372 Å². The molecule has 0 spiro atoms. The monoisotopic (exact) mass is 1620 g/mol. The Morgan fingerprint density at radius 2 is 1.00 bits per heavy atom. The lowest BCUT2D eigenvalue weighted by Gasteiger charge is -2.40. The zero-order chi connectivity index (χ0) is 85.0. The zero-order valence-corrected chi connectivity index (χ0v) is 71.3. The Labute approximate surface area is 681 Å². The van der Waals surface area contributed by atoms with Gasteiger partial charge in [-0.05, 0) is 118 Å². The summed E-state index contributed by atoms with van der Waals surface area (Å²) in [6.45, 7) is 22.8. The van der Waals surface area contributed by atoms with Crippen molar-refractivity contribution < 1.29 is 72.5 Å². The number of aliphatic hydroxyl groups is 2. The molecule has 4 aromatic carbocycles. The van der Waals surface area contributed by atoms with E-state index in [1.165, 1.54) is 85.4 Å². The van der Waals surface area contributed by atoms with Crippen LogP contribution < -0.4 is 42.4 Å². The maximum Gasteiger partial charge on any atom is 0.313 e. The van der Waals surface area contributed by atoms with Gasteiger partial charge in [0, 0.05) is 66.9 Å². The van der Waals surface area contributed by atoms with E-state index in [2.05, 4.69) is 31.9 Å². The molecule has 0 saturated carbocycles. The third-order valence-electron chi connectivity index (χ3n) is 20.3. The number of esters is 1. The van der Waals surface area contributed by atoms with Crippen LogP contribution in [0.1, 0.15) is 144 Å². The number of nitrogens with two attached hydrogens (primary N) is 1. The van der Waals surface area contributed by atoms with Crippen molar-refractivity contribution in [3.05, 3.63) is 131 Å². The summed E-state index contributed by atoms with van der Waals surface area (Å²) in [6.07, 6.45) is -1.42. The lowest BCUT2D eigenvalue weighted by Crippen LogP contribution is -2.63. The van der Waals surface area contributed by atoms with E-state index in [1.54, 1.807) is 150 Å². The molecule has 0 aromatic heterocycles. The molecule has 1 fully saturated rings. The van der Waals surface area contributed by atoms with Gasteiger partial charge in [0.15, 0.2) is 0 Å². The third-order valence-corrected chi connectivity index (χ3v) is 22.8. The second kappa shape index (κ2) is 46.6. The number of aliphatic hydroxyl groups excluding tert-OH is 2. The van der Waals surface area contributed by atoms with Crippen molar-refractivity contribution in [2.24, 2.45) is 29.4 Å². The van der Waals surface area contributed by atoms with Crippen molar-refractivity contribution in [2.75, 3.05) is 60.6 Å². The number of hydrogen-bond donors (Lipinski definition) is 9. The molecule has 1 heterocycles. The number of carbonyl (C=O) groups is 12. The Bertz CT molecular complexity index is 3830. The highest BCUT2D eigenvalue weighted by Gasteiger charge is 2.43. The van der Waals surface area contributed by atoms with Gasteiger partial charge in [0.1, 0.15) is 60.3 Å². The Kier molecular flexibility index (Phi) is 39.1. The Hall–Kier alpha value is -8.94. The summed E-state index contributed by atoms with van der Waals surface area (Å²) in [5.41, 5.74) is 8.33. The number of nitrogens with zero attached hydrogens (tertiary/aromatic N) is 6. The van der Waals surface area contributed by atoms with E-state index in [-0.39, 0.29) is 55.6 Å². The van der Waals surface area contributed by atoms with E-state index < -0.39 is 169 Å². The number of hydrogen-bond acceptors (Lipinski definition) is 19. The van der Waals surface area contributed by atoms with Gasteiger partial charge in [-0.25, -0.2) is 0 Å². The average molecular weight is 1620 g/mol. The fraction of sp³-hybridized carbons (Fsp3) is 0.571. The van der Waals surface area contributed by atoms with E-state index in [9.17, 15) is 53.4 Å². The van der Waals surface area contributed by atoms with Gasteiger partial charge in [-0.15, -0.1) is 0 Å². The smallest absolute Gasteiger partial charge is 0.313 e. The predicted octanol–water partition coefficient (Wildman–Crippen LogP) is 5.41. The van der Waals surface area contributed by atoms with Crippen molar-refractivity contribution in [3.8, 4) is 5.75 Å². The number of aryl methyl sites for hydroxylation is 1. The van der Waals surface area contributed by atoms with E-state index in [0.717, 1.165) is 34.8 Å². The summed E-state index contributed by atoms with van der Waals surface area (Å²) in [7, 11) is 9.91. The molecule has 0 radical (unpaired) electrons. The van der Waals surface area contributed by atoms with Gasteiger partial charge in [-0.2, -0.15) is 0 Å². The molecule has 1 saturated heterocycles. The number of nitrogens with one attached hydrogen (secondary N) is 6. The molecule has 114 heavy (non-hydrogen) atoms. The van der Waals surface area contributed by atoms with E-state index in [1.807, 2.05) is 40.7 Å². The van der Waals surface area contributed by atoms with E-state index in [0.29, 0.717) is 40.2 Å². The summed E-state index contributed by atoms with van der Waals surface area (Å²) in [5, 5.41) is 40.6. The van der Waals surface area contributed by atoms with Crippen LogP contribution in [-0.2, 0) is 76.8 Å². The number of amides is 11. The van der Waals surface area contributed by atoms with Gasteiger partial charge in [0.05, 0.1) is 42.1 Å². The lowest BCUT2D eigenvalue weighted by molar-refractivity contribution is -0.149. The highest BCUT2D eigenvalue weighted by molar-refractivity contribution is 8.76. The Balaban J connectivity index is 1.45. The molecular formula is C84H125N13O15S2. The Morgan fingerprint density at radius 3 is 1.51 bits per heavy atom. The minimum atomic E-state index is -1.72. The Morgan fingerprint density at radius 1 is 0.509 bits per heavy atom. The van der Waals surface area contributed by atoms with Gasteiger partial charge < -0.3 is 76.7 Å². The fourth-order valence-corrected chi connectivity index (χ4v) is 15.5. The first kappa shape index (κ1) is 95.6. The summed E-state index contributed by atoms with van der Waals surface area (Å²) in [4.78, 5) is 183. The second-order valence-corrected chi connectivity index (χ2v) is 33.9. The quantitative estimate of drug-likeness (QED) is 0.0116. The molecule has 2 unspecified atom stereocenters. The van der Waals surface area contributed by atoms with Crippen LogP contribution in [-0.4, -0.2) is 250 Å². The second-order valence-electron chi connectivity index (χ2n) is 31.3. The normalized spacial score (nSPS) is 15.7. The van der Waals surface area contributed by atoms with Gasteiger partial charge in [-0.3, -0.25) is 62.9 Å². The maximum absolute atomic E-state index is 15.5. The molecule has 10 N–H and O–H groups in total. The van der Waals surface area contributed by atoms with Crippen LogP contribution in [0, 0.1) is 30.6 Å². The SMILES string of the molecule is CCSSc1cccc(C)c1OC(=O)C[C@H](NC(=O)[C@H](Cc1ccccc1)NC(O)[C@H](C(C)C)N(C)C(=O)[C@H](CC(C)C)N(C)C(=O)CNC(=O)[C@H](Cc1ccccc1)N(C)C(=O)[C@@H](NC(=O)[C@H](CC(C)C)N(C)C(=O)[C@@H](NC(=O)[C@H](C)N)C(C)C)[C@@H](C)O)C(=O)N(C)C(Cc1ccccc1)C(=O)N[C@@H](C)C(=O)N1CCCCC1. The molecule has 5 rings (SSSR count). The first-order valence-electron chi connectivity index (χ1n) is 39.5. The maximum atomic E-state index is 15.5. The van der Waals surface area contributed by atoms with Crippen molar-refractivity contribution in [1.29, 1.82) is 0 Å². The van der Waals surface area contributed by atoms with Crippen molar-refractivity contribution in [1.82, 2.24) is 61.3 Å². The first-order chi connectivity index (χ1) is 53.8. The first-order valence-corrected chi connectivity index (χ1v) is 41.8. The van der Waals surface area contributed by atoms with Crippen LogP contribution in [0.2, 0.25) is 0 Å². The van der Waals surface area contributed by atoms with Gasteiger partial charge >= 0.3 is 5.97 Å². The molecule has 28 nitrogen and oxygen atoms in total. The highest BCUT2D eigenvalue weighted by Crippen LogP contribution is 2.39. The molecule has 11 amide bonds. The van der Waals surface area contributed by atoms with Crippen molar-refractivity contribution in [2.45, 2.75) is 231 Å². The van der Waals surface area contributed by atoms with Gasteiger partial charge in [0.2, 0.25) is 65.0 Å². The molecule has 0 aliphatic carbocycles. The molecule has 0 bridgehead atoms. The fourth-order valence-electron chi connectivity index (χ4n) is 13.7. The van der Waals surface area contributed by atoms with Crippen LogP contribution in [0.25, 0.3) is 0 Å². The summed E-state index contributed by atoms with van der Waals surface area (Å²) >= 11 is 0. The number of para-hydroxylation sites is 1.